The fourth-order valence-corrected chi connectivity index (χ4v) is 2.54. The van der Waals surface area contributed by atoms with Crippen molar-refractivity contribution in [2.24, 2.45) is 17.6 Å². The number of nitrogens with two attached hydrogens (primary N) is 1. The zero-order chi connectivity index (χ0) is 13.5. The van der Waals surface area contributed by atoms with Crippen molar-refractivity contribution in [3.63, 3.8) is 0 Å². The first-order valence-corrected chi connectivity index (χ1v) is 7.26. The van der Waals surface area contributed by atoms with Gasteiger partial charge in [0.25, 0.3) is 0 Å². The third-order valence-corrected chi connectivity index (χ3v) is 3.74. The smallest absolute Gasteiger partial charge is 0.237 e. The molecule has 0 aromatic carbocycles. The van der Waals surface area contributed by atoms with E-state index in [0.717, 1.165) is 32.6 Å². The van der Waals surface area contributed by atoms with Crippen LogP contribution in [0.3, 0.4) is 0 Å². The summed E-state index contributed by atoms with van der Waals surface area (Å²) < 4.78 is 0. The SMILES string of the molecule is CC(C)CNC(=O)C(C)N1CCCC(CCN)C1. The maximum Gasteiger partial charge on any atom is 0.237 e. The third-order valence-electron chi connectivity index (χ3n) is 3.74. The summed E-state index contributed by atoms with van der Waals surface area (Å²) in [5.74, 6) is 1.34. The van der Waals surface area contributed by atoms with Crippen LogP contribution in [0.15, 0.2) is 0 Å². The highest BCUT2D eigenvalue weighted by Gasteiger charge is 2.26. The average molecular weight is 255 g/mol. The Hall–Kier alpha value is -0.610. The van der Waals surface area contributed by atoms with E-state index >= 15 is 0 Å². The van der Waals surface area contributed by atoms with E-state index in [-0.39, 0.29) is 11.9 Å². The predicted octanol–water partition coefficient (Wildman–Crippen LogP) is 1.21. The standard InChI is InChI=1S/C14H29N3O/c1-11(2)9-16-14(18)12(3)17-8-4-5-13(10-17)6-7-15/h11-13H,4-10,15H2,1-3H3,(H,16,18). The van der Waals surface area contributed by atoms with Gasteiger partial charge in [0.2, 0.25) is 5.91 Å². The maximum atomic E-state index is 12.0. The lowest BCUT2D eigenvalue weighted by molar-refractivity contribution is -0.126. The largest absolute Gasteiger partial charge is 0.354 e. The molecule has 1 aliphatic rings. The quantitative estimate of drug-likeness (QED) is 0.750. The van der Waals surface area contributed by atoms with Crippen molar-refractivity contribution in [2.75, 3.05) is 26.2 Å². The van der Waals surface area contributed by atoms with Gasteiger partial charge in [-0.25, -0.2) is 0 Å². The highest BCUT2D eigenvalue weighted by Crippen LogP contribution is 2.20. The van der Waals surface area contributed by atoms with Gasteiger partial charge >= 0.3 is 0 Å². The molecule has 2 atom stereocenters. The Balaban J connectivity index is 2.39. The van der Waals surface area contributed by atoms with Crippen LogP contribution in [0.4, 0.5) is 0 Å². The van der Waals surface area contributed by atoms with Crippen LogP contribution < -0.4 is 11.1 Å². The van der Waals surface area contributed by atoms with Gasteiger partial charge in [0.15, 0.2) is 0 Å². The third kappa shape index (κ3) is 4.94. The highest BCUT2D eigenvalue weighted by molar-refractivity contribution is 5.81. The summed E-state index contributed by atoms with van der Waals surface area (Å²) in [6.07, 6.45) is 3.53. The van der Waals surface area contributed by atoms with Gasteiger partial charge < -0.3 is 11.1 Å². The van der Waals surface area contributed by atoms with E-state index in [4.69, 9.17) is 5.73 Å². The van der Waals surface area contributed by atoms with Crippen LogP contribution in [0.2, 0.25) is 0 Å². The molecule has 4 heteroatoms. The zero-order valence-electron chi connectivity index (χ0n) is 12.1. The molecule has 1 rings (SSSR count). The Kier molecular flexibility index (Phi) is 6.65. The summed E-state index contributed by atoms with van der Waals surface area (Å²) in [7, 11) is 0. The minimum absolute atomic E-state index is 0.00988. The van der Waals surface area contributed by atoms with E-state index in [2.05, 4.69) is 24.1 Å². The number of rotatable bonds is 6. The molecule has 1 amide bonds. The van der Waals surface area contributed by atoms with Crippen molar-refractivity contribution in [3.8, 4) is 0 Å². The van der Waals surface area contributed by atoms with Crippen molar-refractivity contribution in [2.45, 2.75) is 46.1 Å². The molecule has 0 spiro atoms. The lowest BCUT2D eigenvalue weighted by atomic mass is 9.94. The lowest BCUT2D eigenvalue weighted by Crippen LogP contribution is -2.49. The van der Waals surface area contributed by atoms with Crippen LogP contribution in [-0.4, -0.2) is 43.0 Å². The van der Waals surface area contributed by atoms with Crippen LogP contribution in [0.1, 0.15) is 40.0 Å². The summed E-state index contributed by atoms with van der Waals surface area (Å²) in [6.45, 7) is 9.83. The summed E-state index contributed by atoms with van der Waals surface area (Å²) in [4.78, 5) is 14.3. The molecule has 1 heterocycles. The van der Waals surface area contributed by atoms with Gasteiger partial charge in [0, 0.05) is 13.1 Å². The number of hydrogen-bond acceptors (Lipinski definition) is 3. The Labute approximate surface area is 111 Å². The number of carbonyl (C=O) groups excluding carboxylic acids is 1. The number of nitrogens with zero attached hydrogens (tertiary/aromatic N) is 1. The molecule has 0 aromatic heterocycles. The Morgan fingerprint density at radius 3 is 2.78 bits per heavy atom. The second kappa shape index (κ2) is 7.74. The number of piperidine rings is 1. The van der Waals surface area contributed by atoms with Gasteiger partial charge in [-0.15, -0.1) is 0 Å². The van der Waals surface area contributed by atoms with Gasteiger partial charge in [0.1, 0.15) is 0 Å². The van der Waals surface area contributed by atoms with E-state index in [1.807, 2.05) is 6.92 Å². The fourth-order valence-electron chi connectivity index (χ4n) is 2.54. The van der Waals surface area contributed by atoms with Crippen molar-refractivity contribution in [1.82, 2.24) is 10.2 Å². The molecule has 3 N–H and O–H groups in total. The predicted molar refractivity (Wildman–Crippen MR) is 75.3 cm³/mol. The van der Waals surface area contributed by atoms with Crippen molar-refractivity contribution in [3.05, 3.63) is 0 Å². The van der Waals surface area contributed by atoms with Crippen LogP contribution in [-0.2, 0) is 4.79 Å². The van der Waals surface area contributed by atoms with Crippen molar-refractivity contribution < 1.29 is 4.79 Å². The Bertz CT molecular complexity index is 253. The van der Waals surface area contributed by atoms with Crippen molar-refractivity contribution >= 4 is 5.91 Å². The number of amides is 1. The fraction of sp³-hybridized carbons (Fsp3) is 0.929. The van der Waals surface area contributed by atoms with Crippen LogP contribution >= 0.6 is 0 Å². The van der Waals surface area contributed by atoms with E-state index in [9.17, 15) is 4.79 Å². The summed E-state index contributed by atoms with van der Waals surface area (Å²) in [5, 5.41) is 3.02. The Morgan fingerprint density at radius 1 is 1.44 bits per heavy atom. The van der Waals surface area contributed by atoms with Crippen molar-refractivity contribution in [1.29, 1.82) is 0 Å². The minimum atomic E-state index is -0.00988. The number of likely N-dealkylation sites (tertiary alicyclic amines) is 1. The molecule has 4 nitrogen and oxygen atoms in total. The molecule has 0 aliphatic carbocycles. The number of hydrogen-bond donors (Lipinski definition) is 2. The summed E-state index contributed by atoms with van der Waals surface area (Å²) in [5.41, 5.74) is 5.62. The molecule has 0 radical (unpaired) electrons. The Morgan fingerprint density at radius 2 is 2.17 bits per heavy atom. The minimum Gasteiger partial charge on any atom is -0.354 e. The summed E-state index contributed by atoms with van der Waals surface area (Å²) >= 11 is 0. The average Bonchev–Trinajstić information content (AvgIpc) is 2.35. The lowest BCUT2D eigenvalue weighted by Gasteiger charge is -2.36. The van der Waals surface area contributed by atoms with Gasteiger partial charge in [-0.3, -0.25) is 9.69 Å². The molecule has 0 saturated carbocycles. The van der Waals surface area contributed by atoms with Crippen LogP contribution in [0.25, 0.3) is 0 Å². The van der Waals surface area contributed by atoms with Gasteiger partial charge in [0.05, 0.1) is 6.04 Å². The van der Waals surface area contributed by atoms with E-state index in [0.29, 0.717) is 11.8 Å². The second-order valence-corrected chi connectivity index (χ2v) is 5.90. The molecule has 0 bridgehead atoms. The van der Waals surface area contributed by atoms with Crippen LogP contribution in [0.5, 0.6) is 0 Å². The molecule has 0 aromatic rings. The molecule has 1 fully saturated rings. The van der Waals surface area contributed by atoms with Gasteiger partial charge in [-0.2, -0.15) is 0 Å². The molecule has 1 aliphatic heterocycles. The summed E-state index contributed by atoms with van der Waals surface area (Å²) in [6, 6.07) is -0.00988. The number of nitrogens with one attached hydrogen (secondary N) is 1. The molecular weight excluding hydrogens is 226 g/mol. The second-order valence-electron chi connectivity index (χ2n) is 5.90. The topological polar surface area (TPSA) is 58.4 Å². The molecule has 1 saturated heterocycles. The highest BCUT2D eigenvalue weighted by atomic mass is 16.2. The molecule has 18 heavy (non-hydrogen) atoms. The molecule has 106 valence electrons. The van der Waals surface area contributed by atoms with Gasteiger partial charge in [-0.05, 0) is 51.1 Å². The maximum absolute atomic E-state index is 12.0. The zero-order valence-corrected chi connectivity index (χ0v) is 12.1. The molecular formula is C14H29N3O. The van der Waals surface area contributed by atoms with Crippen LogP contribution in [0, 0.1) is 11.8 Å². The monoisotopic (exact) mass is 255 g/mol. The first-order chi connectivity index (χ1) is 8.54. The normalized spacial score (nSPS) is 23.1. The first-order valence-electron chi connectivity index (χ1n) is 7.26. The number of carbonyl (C=O) groups is 1. The van der Waals surface area contributed by atoms with E-state index in [1.54, 1.807) is 0 Å². The first kappa shape index (κ1) is 15.4. The molecule has 2 unspecified atom stereocenters. The van der Waals surface area contributed by atoms with E-state index in [1.165, 1.54) is 12.8 Å². The van der Waals surface area contributed by atoms with Gasteiger partial charge in [-0.1, -0.05) is 13.8 Å². The van der Waals surface area contributed by atoms with E-state index < -0.39 is 0 Å².